The van der Waals surface area contributed by atoms with Gasteiger partial charge in [-0.25, -0.2) is 13.4 Å². The SMILES string of the molecule is CN(C)c1ccc2cc(NC(=O)c3ccc(Cl)c(-c4ccc(S(C)(=O)=O)cc4)c3)ccc2n1. The lowest BCUT2D eigenvalue weighted by Crippen LogP contribution is -2.12. The molecule has 0 spiro atoms. The van der Waals surface area contributed by atoms with Gasteiger partial charge in [0.05, 0.1) is 10.4 Å². The lowest BCUT2D eigenvalue weighted by atomic mass is 10.0. The van der Waals surface area contributed by atoms with Gasteiger partial charge in [0.25, 0.3) is 5.91 Å². The Bertz CT molecular complexity index is 1470. The van der Waals surface area contributed by atoms with E-state index in [0.29, 0.717) is 21.8 Å². The number of aromatic nitrogens is 1. The maximum absolute atomic E-state index is 12.9. The van der Waals surface area contributed by atoms with Crippen molar-refractivity contribution in [1.82, 2.24) is 4.98 Å². The Balaban J connectivity index is 1.59. The van der Waals surface area contributed by atoms with Gasteiger partial charge in [0, 0.05) is 47.6 Å². The van der Waals surface area contributed by atoms with Gasteiger partial charge in [-0.05, 0) is 66.2 Å². The van der Waals surface area contributed by atoms with Gasteiger partial charge >= 0.3 is 0 Å². The van der Waals surface area contributed by atoms with Crippen LogP contribution in [0.3, 0.4) is 0 Å². The zero-order valence-corrected chi connectivity index (χ0v) is 19.9. The number of rotatable bonds is 5. The number of carbonyl (C=O) groups excluding carboxylic acids is 1. The number of hydrogen-bond donors (Lipinski definition) is 1. The van der Waals surface area contributed by atoms with Crippen molar-refractivity contribution >= 4 is 49.8 Å². The van der Waals surface area contributed by atoms with Crippen LogP contribution in [0.2, 0.25) is 5.02 Å². The summed E-state index contributed by atoms with van der Waals surface area (Å²) < 4.78 is 23.4. The van der Waals surface area contributed by atoms with Gasteiger partial charge < -0.3 is 10.2 Å². The number of hydrogen-bond acceptors (Lipinski definition) is 5. The standard InChI is InChI=1S/C25H22ClN3O3S/c1-29(2)24-13-7-17-14-19(8-12-23(17)28-24)27-25(30)18-6-11-22(26)21(15-18)16-4-9-20(10-5-16)33(3,31)32/h4-15H,1-3H3,(H,27,30). The van der Waals surface area contributed by atoms with Crippen molar-refractivity contribution in [2.24, 2.45) is 0 Å². The fourth-order valence-corrected chi connectivity index (χ4v) is 4.27. The lowest BCUT2D eigenvalue weighted by Gasteiger charge is -2.12. The van der Waals surface area contributed by atoms with Crippen molar-refractivity contribution in [3.63, 3.8) is 0 Å². The van der Waals surface area contributed by atoms with E-state index in [1.54, 1.807) is 30.3 Å². The van der Waals surface area contributed by atoms with E-state index in [0.717, 1.165) is 28.5 Å². The number of halogens is 1. The first-order chi connectivity index (χ1) is 15.6. The molecule has 0 fully saturated rings. The monoisotopic (exact) mass is 479 g/mol. The third kappa shape index (κ3) is 4.99. The van der Waals surface area contributed by atoms with E-state index in [2.05, 4.69) is 10.3 Å². The summed E-state index contributed by atoms with van der Waals surface area (Å²) in [5.41, 5.74) is 3.29. The second-order valence-electron chi connectivity index (χ2n) is 7.92. The van der Waals surface area contributed by atoms with Gasteiger partial charge in [0.15, 0.2) is 9.84 Å². The van der Waals surface area contributed by atoms with Crippen LogP contribution in [0.5, 0.6) is 0 Å². The number of pyridine rings is 1. The third-order valence-corrected chi connectivity index (χ3v) is 6.67. The summed E-state index contributed by atoms with van der Waals surface area (Å²) in [6.07, 6.45) is 1.16. The predicted octanol–water partition coefficient (Wildman–Crippen LogP) is 5.28. The molecule has 1 heterocycles. The minimum atomic E-state index is -3.29. The quantitative estimate of drug-likeness (QED) is 0.421. The number of sulfone groups is 1. The molecular formula is C25H22ClN3O3S. The molecule has 6 nitrogen and oxygen atoms in total. The summed E-state index contributed by atoms with van der Waals surface area (Å²) in [5.74, 6) is 0.579. The van der Waals surface area contributed by atoms with Crippen LogP contribution in [0, 0.1) is 0 Å². The highest BCUT2D eigenvalue weighted by atomic mass is 35.5. The summed E-state index contributed by atoms with van der Waals surface area (Å²) in [4.78, 5) is 19.7. The van der Waals surface area contributed by atoms with Gasteiger partial charge in [-0.3, -0.25) is 4.79 Å². The second kappa shape index (κ2) is 8.84. The van der Waals surface area contributed by atoms with Gasteiger partial charge in [-0.2, -0.15) is 0 Å². The first-order valence-corrected chi connectivity index (χ1v) is 12.4. The first kappa shape index (κ1) is 22.8. The highest BCUT2D eigenvalue weighted by Gasteiger charge is 2.13. The van der Waals surface area contributed by atoms with Crippen LogP contribution in [-0.2, 0) is 9.84 Å². The topological polar surface area (TPSA) is 79.4 Å². The zero-order valence-electron chi connectivity index (χ0n) is 18.3. The van der Waals surface area contributed by atoms with Gasteiger partial charge in [-0.15, -0.1) is 0 Å². The normalized spacial score (nSPS) is 11.4. The van der Waals surface area contributed by atoms with E-state index in [-0.39, 0.29) is 10.8 Å². The number of amides is 1. The summed E-state index contributed by atoms with van der Waals surface area (Å²) in [7, 11) is 0.573. The molecule has 4 rings (SSSR count). The Morgan fingerprint density at radius 3 is 2.33 bits per heavy atom. The Morgan fingerprint density at radius 2 is 1.67 bits per heavy atom. The Labute approximate surface area is 197 Å². The van der Waals surface area contributed by atoms with E-state index in [4.69, 9.17) is 11.6 Å². The number of fused-ring (bicyclic) bond motifs is 1. The number of nitrogens with one attached hydrogen (secondary N) is 1. The molecule has 0 atom stereocenters. The lowest BCUT2D eigenvalue weighted by molar-refractivity contribution is 0.102. The van der Waals surface area contributed by atoms with Crippen molar-refractivity contribution in [3.8, 4) is 11.1 Å². The van der Waals surface area contributed by atoms with E-state index in [9.17, 15) is 13.2 Å². The Hall–Kier alpha value is -3.42. The van der Waals surface area contributed by atoms with Crippen LogP contribution in [0.15, 0.2) is 77.7 Å². The molecule has 0 saturated carbocycles. The molecule has 1 N–H and O–H groups in total. The average Bonchev–Trinajstić information content (AvgIpc) is 2.78. The molecule has 0 bridgehead atoms. The molecule has 1 amide bonds. The number of nitrogens with zero attached hydrogens (tertiary/aromatic N) is 2. The molecule has 3 aromatic carbocycles. The highest BCUT2D eigenvalue weighted by molar-refractivity contribution is 7.90. The number of carbonyl (C=O) groups is 1. The zero-order chi connectivity index (χ0) is 23.8. The van der Waals surface area contributed by atoms with E-state index in [1.807, 2.05) is 49.3 Å². The van der Waals surface area contributed by atoms with E-state index < -0.39 is 9.84 Å². The smallest absolute Gasteiger partial charge is 0.255 e. The maximum Gasteiger partial charge on any atom is 0.255 e. The van der Waals surface area contributed by atoms with Gasteiger partial charge in [-0.1, -0.05) is 23.7 Å². The summed E-state index contributed by atoms with van der Waals surface area (Å²) >= 11 is 6.37. The Morgan fingerprint density at radius 1 is 0.939 bits per heavy atom. The summed E-state index contributed by atoms with van der Waals surface area (Å²) in [6, 6.07) is 20.9. The first-order valence-electron chi connectivity index (χ1n) is 10.1. The molecule has 0 aliphatic carbocycles. The Kier molecular flexibility index (Phi) is 6.10. The van der Waals surface area contributed by atoms with Crippen molar-refractivity contribution in [2.45, 2.75) is 4.90 Å². The van der Waals surface area contributed by atoms with E-state index in [1.165, 1.54) is 12.1 Å². The fourth-order valence-electron chi connectivity index (χ4n) is 3.41. The summed E-state index contributed by atoms with van der Waals surface area (Å²) in [6.45, 7) is 0. The molecule has 0 radical (unpaired) electrons. The molecule has 1 aromatic heterocycles. The van der Waals surface area contributed by atoms with Crippen LogP contribution < -0.4 is 10.2 Å². The molecule has 8 heteroatoms. The molecular weight excluding hydrogens is 458 g/mol. The van der Waals surface area contributed by atoms with Crippen molar-refractivity contribution in [1.29, 1.82) is 0 Å². The molecule has 4 aromatic rings. The minimum absolute atomic E-state index is 0.222. The molecule has 0 saturated heterocycles. The van der Waals surface area contributed by atoms with Crippen molar-refractivity contribution in [2.75, 3.05) is 30.6 Å². The molecule has 0 unspecified atom stereocenters. The van der Waals surface area contributed by atoms with Crippen molar-refractivity contribution in [3.05, 3.63) is 83.4 Å². The largest absolute Gasteiger partial charge is 0.363 e. The summed E-state index contributed by atoms with van der Waals surface area (Å²) in [5, 5.41) is 4.30. The van der Waals surface area contributed by atoms with Gasteiger partial charge in [0.2, 0.25) is 0 Å². The molecule has 168 valence electrons. The van der Waals surface area contributed by atoms with Crippen LogP contribution >= 0.6 is 11.6 Å². The molecule has 33 heavy (non-hydrogen) atoms. The van der Waals surface area contributed by atoms with E-state index >= 15 is 0 Å². The number of anilines is 2. The maximum atomic E-state index is 12.9. The van der Waals surface area contributed by atoms with Crippen LogP contribution in [0.1, 0.15) is 10.4 Å². The van der Waals surface area contributed by atoms with Crippen LogP contribution in [-0.4, -0.2) is 39.7 Å². The third-order valence-electron chi connectivity index (χ3n) is 5.21. The average molecular weight is 480 g/mol. The fraction of sp³-hybridized carbons (Fsp3) is 0.120. The minimum Gasteiger partial charge on any atom is -0.363 e. The number of benzene rings is 3. The van der Waals surface area contributed by atoms with Crippen LogP contribution in [0.25, 0.3) is 22.0 Å². The highest BCUT2D eigenvalue weighted by Crippen LogP contribution is 2.30. The van der Waals surface area contributed by atoms with Gasteiger partial charge in [0.1, 0.15) is 5.82 Å². The molecule has 0 aliphatic heterocycles. The van der Waals surface area contributed by atoms with Crippen molar-refractivity contribution < 1.29 is 13.2 Å². The van der Waals surface area contributed by atoms with Crippen LogP contribution in [0.4, 0.5) is 11.5 Å². The second-order valence-corrected chi connectivity index (χ2v) is 10.3. The molecule has 0 aliphatic rings. The predicted molar refractivity (Wildman–Crippen MR) is 134 cm³/mol.